The van der Waals surface area contributed by atoms with Gasteiger partial charge in [0.05, 0.1) is 12.1 Å². The van der Waals surface area contributed by atoms with E-state index in [2.05, 4.69) is 4.98 Å². The van der Waals surface area contributed by atoms with Gasteiger partial charge in [0.15, 0.2) is 5.69 Å². The number of carbonyl (C=O) groups excluding carboxylic acids is 2. The van der Waals surface area contributed by atoms with Crippen molar-refractivity contribution in [2.24, 2.45) is 0 Å². The smallest absolute Gasteiger partial charge is 0.410 e. The Hall–Kier alpha value is -3.43. The van der Waals surface area contributed by atoms with Gasteiger partial charge in [0.2, 0.25) is 5.75 Å². The van der Waals surface area contributed by atoms with E-state index in [0.29, 0.717) is 18.5 Å². The molecule has 0 fully saturated rings. The minimum Gasteiger partial charge on any atom is -0.501 e. The summed E-state index contributed by atoms with van der Waals surface area (Å²) in [6.45, 7) is 5.74. The molecule has 1 N–H and O–H groups in total. The molecule has 1 aromatic carbocycles. The number of aromatic hydroxyl groups is 1. The third kappa shape index (κ3) is 3.80. The van der Waals surface area contributed by atoms with Crippen LogP contribution in [0.25, 0.3) is 0 Å². The van der Waals surface area contributed by atoms with Crippen LogP contribution < -0.4 is 5.56 Å². The molecule has 0 spiro atoms. The normalized spacial score (nSPS) is 19.7. The Balaban J connectivity index is 1.69. The van der Waals surface area contributed by atoms with Crippen LogP contribution in [0.4, 0.5) is 9.18 Å². The molecule has 3 heterocycles. The first kappa shape index (κ1) is 21.8. The minimum absolute atomic E-state index is 0.140. The lowest BCUT2D eigenvalue weighted by atomic mass is 10.1. The van der Waals surface area contributed by atoms with Crippen LogP contribution in [0.15, 0.2) is 29.1 Å². The number of hydrogen-bond acceptors (Lipinski definition) is 6. The van der Waals surface area contributed by atoms with Crippen LogP contribution in [-0.4, -0.2) is 55.7 Å². The fourth-order valence-electron chi connectivity index (χ4n) is 4.20. The van der Waals surface area contributed by atoms with Gasteiger partial charge >= 0.3 is 11.7 Å². The van der Waals surface area contributed by atoms with E-state index in [4.69, 9.17) is 4.74 Å². The molecule has 32 heavy (non-hydrogen) atoms. The highest BCUT2D eigenvalue weighted by Crippen LogP contribution is 2.42. The molecule has 0 bridgehead atoms. The summed E-state index contributed by atoms with van der Waals surface area (Å²) in [5.74, 6) is -1.37. The monoisotopic (exact) mass is 444 g/mol. The molecule has 2 atom stereocenters. The summed E-state index contributed by atoms with van der Waals surface area (Å²) in [5, 5.41) is 10.4. The van der Waals surface area contributed by atoms with E-state index in [9.17, 15) is 23.9 Å². The molecule has 2 aliphatic heterocycles. The highest BCUT2D eigenvalue weighted by atomic mass is 19.1. The average Bonchev–Trinajstić information content (AvgIpc) is 3.05. The SMILES string of the molecule is CN(C(=O)OC(C)(C)C)[C@H]1C[C@H]2CN(Cc3ccc(F)cc3)C(=O)c3c(O)c(=O)nc1n32. The van der Waals surface area contributed by atoms with E-state index >= 15 is 0 Å². The highest BCUT2D eigenvalue weighted by Gasteiger charge is 2.45. The first-order valence-electron chi connectivity index (χ1n) is 10.3. The summed E-state index contributed by atoms with van der Waals surface area (Å²) in [5.41, 5.74) is -1.05. The minimum atomic E-state index is -0.925. The van der Waals surface area contributed by atoms with Crippen LogP contribution in [0.1, 0.15) is 61.2 Å². The molecular weight excluding hydrogens is 419 g/mol. The molecule has 0 radical (unpaired) electrons. The van der Waals surface area contributed by atoms with Gasteiger partial charge in [0.25, 0.3) is 5.91 Å². The van der Waals surface area contributed by atoms with Crippen molar-refractivity contribution in [2.45, 2.75) is 51.4 Å². The van der Waals surface area contributed by atoms with Crippen molar-refractivity contribution in [3.05, 3.63) is 57.5 Å². The quantitative estimate of drug-likeness (QED) is 0.780. The van der Waals surface area contributed by atoms with Gasteiger partial charge in [-0.3, -0.25) is 9.59 Å². The third-order valence-electron chi connectivity index (χ3n) is 5.65. The zero-order valence-corrected chi connectivity index (χ0v) is 18.3. The third-order valence-corrected chi connectivity index (χ3v) is 5.65. The summed E-state index contributed by atoms with van der Waals surface area (Å²) in [4.78, 5) is 45.0. The van der Waals surface area contributed by atoms with Crippen molar-refractivity contribution < 1.29 is 23.8 Å². The fraction of sp³-hybridized carbons (Fsp3) is 0.455. The molecule has 2 aliphatic rings. The van der Waals surface area contributed by atoms with Gasteiger partial charge in [-0.15, -0.1) is 0 Å². The van der Waals surface area contributed by atoms with Crippen molar-refractivity contribution in [1.29, 1.82) is 0 Å². The number of carbonyl (C=O) groups is 2. The van der Waals surface area contributed by atoms with E-state index in [1.165, 1.54) is 21.9 Å². The zero-order valence-electron chi connectivity index (χ0n) is 18.3. The second-order valence-electron chi connectivity index (χ2n) is 9.15. The molecule has 4 rings (SSSR count). The van der Waals surface area contributed by atoms with E-state index < -0.39 is 35.0 Å². The van der Waals surface area contributed by atoms with Gasteiger partial charge in [-0.05, 0) is 44.9 Å². The summed E-state index contributed by atoms with van der Waals surface area (Å²) in [7, 11) is 1.56. The Morgan fingerprint density at radius 3 is 2.56 bits per heavy atom. The van der Waals surface area contributed by atoms with Crippen LogP contribution >= 0.6 is 0 Å². The second kappa shape index (κ2) is 7.61. The first-order chi connectivity index (χ1) is 15.0. The Labute approximate surface area is 184 Å². The molecular formula is C22H25FN4O5. The lowest BCUT2D eigenvalue weighted by molar-refractivity contribution is 0.0210. The van der Waals surface area contributed by atoms with Crippen LogP contribution in [-0.2, 0) is 11.3 Å². The summed E-state index contributed by atoms with van der Waals surface area (Å²) in [6.07, 6.45) is -0.182. The molecule has 10 heteroatoms. The lowest BCUT2D eigenvalue weighted by Gasteiger charge is -2.33. The van der Waals surface area contributed by atoms with Gasteiger partial charge in [0.1, 0.15) is 17.2 Å². The molecule has 0 aliphatic carbocycles. The van der Waals surface area contributed by atoms with Gasteiger partial charge in [-0.2, -0.15) is 4.98 Å². The van der Waals surface area contributed by atoms with Crippen LogP contribution in [0.3, 0.4) is 0 Å². The topological polar surface area (TPSA) is 105 Å². The average molecular weight is 444 g/mol. The Morgan fingerprint density at radius 2 is 1.94 bits per heavy atom. The zero-order chi connectivity index (χ0) is 23.4. The summed E-state index contributed by atoms with van der Waals surface area (Å²) >= 11 is 0. The number of halogens is 1. The van der Waals surface area contributed by atoms with Crippen molar-refractivity contribution >= 4 is 12.0 Å². The first-order valence-corrected chi connectivity index (χ1v) is 10.3. The van der Waals surface area contributed by atoms with E-state index in [1.807, 2.05) is 0 Å². The molecule has 2 aromatic rings. The Kier molecular flexibility index (Phi) is 5.18. The number of ether oxygens (including phenoxy) is 1. The van der Waals surface area contributed by atoms with Crippen LogP contribution in [0, 0.1) is 5.82 Å². The molecule has 0 saturated carbocycles. The molecule has 0 unspecified atom stereocenters. The number of aromatic nitrogens is 2. The predicted octanol–water partition coefficient (Wildman–Crippen LogP) is 2.60. The molecule has 9 nitrogen and oxygen atoms in total. The highest BCUT2D eigenvalue weighted by molar-refractivity contribution is 5.96. The molecule has 2 amide bonds. The van der Waals surface area contributed by atoms with E-state index in [-0.39, 0.29) is 29.9 Å². The number of benzene rings is 1. The summed E-state index contributed by atoms with van der Waals surface area (Å²) in [6, 6.07) is 4.88. The Bertz CT molecular complexity index is 1140. The van der Waals surface area contributed by atoms with Crippen molar-refractivity contribution in [3.8, 4) is 5.75 Å². The number of rotatable bonds is 3. The summed E-state index contributed by atoms with van der Waals surface area (Å²) < 4.78 is 20.2. The van der Waals surface area contributed by atoms with Crippen molar-refractivity contribution in [1.82, 2.24) is 19.4 Å². The van der Waals surface area contributed by atoms with Gasteiger partial charge in [-0.1, -0.05) is 12.1 Å². The Morgan fingerprint density at radius 1 is 1.28 bits per heavy atom. The molecule has 1 aromatic heterocycles. The maximum Gasteiger partial charge on any atom is 0.410 e. The largest absolute Gasteiger partial charge is 0.501 e. The number of hydrogen-bond donors (Lipinski definition) is 1. The van der Waals surface area contributed by atoms with Crippen LogP contribution in [0.2, 0.25) is 0 Å². The van der Waals surface area contributed by atoms with Crippen molar-refractivity contribution in [2.75, 3.05) is 13.6 Å². The number of nitrogens with zero attached hydrogens (tertiary/aromatic N) is 4. The van der Waals surface area contributed by atoms with Gasteiger partial charge in [-0.25, -0.2) is 9.18 Å². The standard InChI is InChI=1S/C22H25FN4O5/c1-22(2,3)32-21(31)25(4)15-9-14-11-26(10-12-5-7-13(23)8-6-12)20(30)16-17(28)19(29)24-18(15)27(14)16/h5-8,14-15,28H,9-11H2,1-4H3/t14-,15-/m0/s1. The molecule has 170 valence electrons. The van der Waals surface area contributed by atoms with E-state index in [1.54, 1.807) is 44.5 Å². The van der Waals surface area contributed by atoms with E-state index in [0.717, 1.165) is 0 Å². The van der Waals surface area contributed by atoms with Crippen LogP contribution in [0.5, 0.6) is 5.75 Å². The van der Waals surface area contributed by atoms with Gasteiger partial charge in [0, 0.05) is 20.1 Å². The second-order valence-corrected chi connectivity index (χ2v) is 9.15. The maximum atomic E-state index is 13.2. The maximum absolute atomic E-state index is 13.2. The molecule has 0 saturated heterocycles. The van der Waals surface area contributed by atoms with Crippen molar-refractivity contribution in [3.63, 3.8) is 0 Å². The predicted molar refractivity (Wildman–Crippen MR) is 112 cm³/mol. The number of amides is 2. The lowest BCUT2D eigenvalue weighted by Crippen LogP contribution is -2.43. The fourth-order valence-corrected chi connectivity index (χ4v) is 4.20. The van der Waals surface area contributed by atoms with Gasteiger partial charge < -0.3 is 24.2 Å².